The molecule has 0 saturated carbocycles. The average Bonchev–Trinajstić information content (AvgIpc) is 2.66. The molecule has 0 aliphatic carbocycles. The van der Waals surface area contributed by atoms with E-state index < -0.39 is 22.9 Å². The summed E-state index contributed by atoms with van der Waals surface area (Å²) in [6, 6.07) is 3.13. The van der Waals surface area contributed by atoms with Gasteiger partial charge < -0.3 is 19.2 Å². The zero-order valence-corrected chi connectivity index (χ0v) is 17.5. The van der Waals surface area contributed by atoms with Crippen LogP contribution < -0.4 is 10.5 Å². The fraction of sp³-hybridized carbons (Fsp3) is 0.455. The number of hydrogen-bond donors (Lipinski definition) is 1. The molecule has 1 aromatic heterocycles. The van der Waals surface area contributed by atoms with E-state index in [4.69, 9.17) is 9.15 Å². The van der Waals surface area contributed by atoms with E-state index in [2.05, 4.69) is 0 Å². The number of hydrogen-bond acceptors (Lipinski definition) is 6. The maximum absolute atomic E-state index is 13.5. The first-order chi connectivity index (χ1) is 14.5. The molecular weight excluding hydrogens is 415 g/mol. The number of esters is 1. The first-order valence-corrected chi connectivity index (χ1v) is 9.93. The SMILES string of the molecule is CCOC(=O)CCCN1c2cc3oc(=O)cc(C(F)(F)F)c3cc2C(CO)=CC1(C)C. The van der Waals surface area contributed by atoms with Gasteiger partial charge in [-0.15, -0.1) is 0 Å². The summed E-state index contributed by atoms with van der Waals surface area (Å²) in [7, 11) is 0. The number of anilines is 1. The largest absolute Gasteiger partial charge is 0.466 e. The lowest BCUT2D eigenvalue weighted by atomic mass is 9.87. The second-order valence-electron chi connectivity index (χ2n) is 7.88. The lowest BCUT2D eigenvalue weighted by Gasteiger charge is -2.43. The average molecular weight is 439 g/mol. The number of aliphatic hydroxyl groups is 1. The van der Waals surface area contributed by atoms with Crippen LogP contribution in [0, 0.1) is 0 Å². The molecule has 1 aliphatic heterocycles. The molecule has 2 heterocycles. The minimum atomic E-state index is -4.74. The van der Waals surface area contributed by atoms with Gasteiger partial charge in [0.1, 0.15) is 5.58 Å². The second kappa shape index (κ2) is 8.37. The highest BCUT2D eigenvalue weighted by Gasteiger charge is 2.37. The quantitative estimate of drug-likeness (QED) is 0.539. The lowest BCUT2D eigenvalue weighted by molar-refractivity contribution is -0.143. The molecule has 0 unspecified atom stereocenters. The fourth-order valence-electron chi connectivity index (χ4n) is 3.96. The minimum Gasteiger partial charge on any atom is -0.466 e. The van der Waals surface area contributed by atoms with Crippen LogP contribution >= 0.6 is 0 Å². The Morgan fingerprint density at radius 1 is 1.26 bits per heavy atom. The summed E-state index contributed by atoms with van der Waals surface area (Å²) in [4.78, 5) is 25.4. The summed E-state index contributed by atoms with van der Waals surface area (Å²) in [5, 5.41) is 9.61. The third kappa shape index (κ3) is 4.61. The standard InChI is InChI=1S/C22H24F3NO5/c1-4-30-19(28)6-5-7-26-17-10-18-15(16(22(23,24)25)9-20(29)31-18)8-14(17)13(12-27)11-21(26,2)3/h8-11,27H,4-7,12H2,1-3H3. The Hall–Kier alpha value is -2.81. The van der Waals surface area contributed by atoms with Crippen molar-refractivity contribution in [3.63, 3.8) is 0 Å². The summed E-state index contributed by atoms with van der Waals surface area (Å²) in [5.74, 6) is -0.330. The van der Waals surface area contributed by atoms with Crippen LogP contribution in [0.3, 0.4) is 0 Å². The maximum atomic E-state index is 13.5. The van der Waals surface area contributed by atoms with Crippen LogP contribution in [0.15, 0.2) is 33.5 Å². The van der Waals surface area contributed by atoms with Gasteiger partial charge in [-0.1, -0.05) is 6.08 Å². The van der Waals surface area contributed by atoms with Gasteiger partial charge in [0, 0.05) is 41.7 Å². The Labute approximate surface area is 176 Å². The summed E-state index contributed by atoms with van der Waals surface area (Å²) in [6.07, 6.45) is -2.31. The molecule has 1 aliphatic rings. The number of nitrogens with zero attached hydrogens (tertiary/aromatic N) is 1. The number of alkyl halides is 3. The molecule has 1 N–H and O–H groups in total. The van der Waals surface area contributed by atoms with Gasteiger partial charge in [-0.3, -0.25) is 4.79 Å². The maximum Gasteiger partial charge on any atom is 0.417 e. The van der Waals surface area contributed by atoms with Crippen LogP contribution in [0.1, 0.15) is 44.7 Å². The Kier molecular flexibility index (Phi) is 6.18. The van der Waals surface area contributed by atoms with Gasteiger partial charge in [-0.25, -0.2) is 4.79 Å². The third-order valence-corrected chi connectivity index (χ3v) is 5.26. The van der Waals surface area contributed by atoms with Crippen molar-refractivity contribution in [2.75, 3.05) is 24.7 Å². The summed E-state index contributed by atoms with van der Waals surface area (Å²) in [6.45, 7) is 5.83. The first kappa shape index (κ1) is 22.9. The molecule has 3 rings (SSSR count). The van der Waals surface area contributed by atoms with Gasteiger partial charge in [0.25, 0.3) is 0 Å². The molecule has 0 saturated heterocycles. The topological polar surface area (TPSA) is 80.0 Å². The number of ether oxygens (including phenoxy) is 1. The zero-order valence-electron chi connectivity index (χ0n) is 17.5. The van der Waals surface area contributed by atoms with E-state index in [1.807, 2.05) is 18.7 Å². The summed E-state index contributed by atoms with van der Waals surface area (Å²) in [5.41, 5.74) is -1.55. The van der Waals surface area contributed by atoms with Crippen molar-refractivity contribution in [1.29, 1.82) is 0 Å². The van der Waals surface area contributed by atoms with Crippen molar-refractivity contribution in [3.8, 4) is 0 Å². The first-order valence-electron chi connectivity index (χ1n) is 9.93. The highest BCUT2D eigenvalue weighted by molar-refractivity contribution is 5.93. The van der Waals surface area contributed by atoms with Gasteiger partial charge in [-0.05, 0) is 38.8 Å². The predicted octanol–water partition coefficient (Wildman–Crippen LogP) is 4.13. The van der Waals surface area contributed by atoms with E-state index in [-0.39, 0.29) is 36.6 Å². The van der Waals surface area contributed by atoms with E-state index in [9.17, 15) is 27.9 Å². The molecule has 0 spiro atoms. The number of fused-ring (bicyclic) bond motifs is 2. The van der Waals surface area contributed by atoms with Crippen molar-refractivity contribution in [3.05, 3.63) is 45.8 Å². The molecule has 9 heteroatoms. The molecule has 1 aromatic carbocycles. The Morgan fingerprint density at radius 2 is 1.97 bits per heavy atom. The van der Waals surface area contributed by atoms with Crippen molar-refractivity contribution in [2.45, 2.75) is 45.3 Å². The smallest absolute Gasteiger partial charge is 0.417 e. The van der Waals surface area contributed by atoms with Crippen molar-refractivity contribution in [2.24, 2.45) is 0 Å². The van der Waals surface area contributed by atoms with Gasteiger partial charge in [0.2, 0.25) is 0 Å². The highest BCUT2D eigenvalue weighted by Crippen LogP contribution is 2.43. The van der Waals surface area contributed by atoms with Crippen LogP contribution in [-0.2, 0) is 15.7 Å². The fourth-order valence-corrected chi connectivity index (χ4v) is 3.96. The van der Waals surface area contributed by atoms with Gasteiger partial charge in [0.15, 0.2) is 0 Å². The number of benzene rings is 1. The van der Waals surface area contributed by atoms with Crippen LogP contribution in [0.25, 0.3) is 16.5 Å². The molecule has 6 nitrogen and oxygen atoms in total. The zero-order chi connectivity index (χ0) is 23.0. The molecule has 0 fully saturated rings. The second-order valence-corrected chi connectivity index (χ2v) is 7.88. The molecule has 0 amide bonds. The van der Waals surface area contributed by atoms with Gasteiger partial charge in [0.05, 0.1) is 24.3 Å². The van der Waals surface area contributed by atoms with E-state index in [0.717, 1.165) is 0 Å². The molecule has 2 aromatic rings. The van der Waals surface area contributed by atoms with Crippen molar-refractivity contribution < 1.29 is 32.2 Å². The molecule has 0 bridgehead atoms. The van der Waals surface area contributed by atoms with E-state index in [1.165, 1.54) is 12.1 Å². The molecule has 168 valence electrons. The van der Waals surface area contributed by atoms with Crippen LogP contribution in [0.2, 0.25) is 0 Å². The number of halogens is 3. The monoisotopic (exact) mass is 439 g/mol. The Bertz CT molecular complexity index is 1080. The molecular formula is C22H24F3NO5. The third-order valence-electron chi connectivity index (χ3n) is 5.26. The summed E-state index contributed by atoms with van der Waals surface area (Å²) >= 11 is 0. The Morgan fingerprint density at radius 3 is 2.58 bits per heavy atom. The minimum absolute atomic E-state index is 0.188. The van der Waals surface area contributed by atoms with Crippen molar-refractivity contribution >= 4 is 28.2 Å². The van der Waals surface area contributed by atoms with E-state index >= 15 is 0 Å². The Balaban J connectivity index is 2.13. The number of carbonyl (C=O) groups excluding carboxylic acids is 1. The van der Waals surface area contributed by atoms with Crippen LogP contribution in [0.4, 0.5) is 18.9 Å². The number of aliphatic hydroxyl groups excluding tert-OH is 1. The normalized spacial score (nSPS) is 15.6. The number of rotatable bonds is 6. The van der Waals surface area contributed by atoms with Gasteiger partial charge in [-0.2, -0.15) is 13.2 Å². The predicted molar refractivity (Wildman–Crippen MR) is 110 cm³/mol. The van der Waals surface area contributed by atoms with Crippen molar-refractivity contribution in [1.82, 2.24) is 0 Å². The molecule has 0 atom stereocenters. The molecule has 0 radical (unpaired) electrons. The molecule has 31 heavy (non-hydrogen) atoms. The summed E-state index contributed by atoms with van der Waals surface area (Å²) < 4.78 is 50.6. The van der Waals surface area contributed by atoms with E-state index in [1.54, 1.807) is 13.0 Å². The van der Waals surface area contributed by atoms with Crippen LogP contribution in [0.5, 0.6) is 0 Å². The highest BCUT2D eigenvalue weighted by atomic mass is 19.4. The number of carbonyl (C=O) groups is 1. The van der Waals surface area contributed by atoms with Gasteiger partial charge >= 0.3 is 17.8 Å². The lowest BCUT2D eigenvalue weighted by Crippen LogP contribution is -2.46. The van der Waals surface area contributed by atoms with Crippen LogP contribution in [-0.4, -0.2) is 36.4 Å². The van der Waals surface area contributed by atoms with E-state index in [0.29, 0.717) is 35.9 Å².